The standard InChI is InChI=1S/C20H30N6O/c1-3-26-14-4-5-17(26)15-24-19(21)10-11-20(25-22-2)23-13-12-16-6-8-18(27)9-7-16/h6-11,17,27H,2-5,12-15H2,1H3,(H2,21,24)(H,23,25)/b11-10-. The number of nitrogens with two attached hydrogens (primary N) is 1. The lowest BCUT2D eigenvalue weighted by atomic mass is 10.1. The van der Waals surface area contributed by atoms with Crippen LogP contribution in [0.5, 0.6) is 5.75 Å². The van der Waals surface area contributed by atoms with Gasteiger partial charge in [-0.15, -0.1) is 0 Å². The molecule has 1 aromatic rings. The zero-order chi connectivity index (χ0) is 19.5. The van der Waals surface area contributed by atoms with E-state index in [4.69, 9.17) is 5.73 Å². The van der Waals surface area contributed by atoms with Gasteiger partial charge in [0.05, 0.1) is 6.54 Å². The molecule has 1 fully saturated rings. The molecule has 1 aliphatic heterocycles. The molecule has 0 spiro atoms. The number of nitrogens with one attached hydrogen (secondary N) is 1. The molecule has 0 amide bonds. The first kappa shape index (κ1) is 20.6. The van der Waals surface area contributed by atoms with Crippen molar-refractivity contribution in [3.63, 3.8) is 0 Å². The summed E-state index contributed by atoms with van der Waals surface area (Å²) in [5.41, 5.74) is 9.88. The van der Waals surface area contributed by atoms with Crippen molar-refractivity contribution in [3.8, 4) is 5.75 Å². The maximum Gasteiger partial charge on any atom is 0.141 e. The van der Waals surface area contributed by atoms with Crippen molar-refractivity contribution in [2.75, 3.05) is 26.2 Å². The Hall–Kier alpha value is -2.67. The van der Waals surface area contributed by atoms with Crippen molar-refractivity contribution in [3.05, 3.63) is 42.0 Å². The molecule has 4 N–H and O–H groups in total. The van der Waals surface area contributed by atoms with Gasteiger partial charge in [-0.05, 0) is 62.2 Å². The van der Waals surface area contributed by atoms with Gasteiger partial charge in [0.15, 0.2) is 0 Å². The molecule has 1 aliphatic rings. The lowest BCUT2D eigenvalue weighted by molar-refractivity contribution is 0.273. The highest BCUT2D eigenvalue weighted by molar-refractivity contribution is 6.00. The minimum atomic E-state index is 0.262. The van der Waals surface area contributed by atoms with Gasteiger partial charge in [0.1, 0.15) is 17.4 Å². The van der Waals surface area contributed by atoms with Gasteiger partial charge in [0.25, 0.3) is 0 Å². The van der Waals surface area contributed by atoms with Crippen LogP contribution in [0.2, 0.25) is 0 Å². The summed E-state index contributed by atoms with van der Waals surface area (Å²) < 4.78 is 0. The second-order valence-electron chi connectivity index (χ2n) is 6.48. The number of aliphatic imine (C=N–C) groups is 2. The summed E-state index contributed by atoms with van der Waals surface area (Å²) in [5, 5.41) is 13.0. The van der Waals surface area contributed by atoms with Crippen LogP contribution in [0.3, 0.4) is 0 Å². The van der Waals surface area contributed by atoms with Crippen molar-refractivity contribution < 1.29 is 5.11 Å². The van der Waals surface area contributed by atoms with Crippen molar-refractivity contribution >= 4 is 18.4 Å². The van der Waals surface area contributed by atoms with E-state index >= 15 is 0 Å². The third-order valence-electron chi connectivity index (χ3n) is 4.61. The zero-order valence-corrected chi connectivity index (χ0v) is 16.0. The van der Waals surface area contributed by atoms with Gasteiger partial charge < -0.3 is 10.8 Å². The minimum absolute atomic E-state index is 0.262. The summed E-state index contributed by atoms with van der Waals surface area (Å²) in [5.74, 6) is 1.32. The first-order valence-corrected chi connectivity index (χ1v) is 9.38. The Balaban J connectivity index is 1.87. The molecule has 0 bridgehead atoms. The van der Waals surface area contributed by atoms with E-state index in [1.165, 1.54) is 12.8 Å². The van der Waals surface area contributed by atoms with Crippen LogP contribution in [0.25, 0.3) is 0 Å². The second kappa shape index (κ2) is 11.1. The summed E-state index contributed by atoms with van der Waals surface area (Å²) in [4.78, 5) is 11.4. The largest absolute Gasteiger partial charge is 0.508 e. The van der Waals surface area contributed by atoms with E-state index in [2.05, 4.69) is 39.1 Å². The summed E-state index contributed by atoms with van der Waals surface area (Å²) in [6, 6.07) is 7.60. The van der Waals surface area contributed by atoms with Gasteiger partial charge >= 0.3 is 0 Å². The van der Waals surface area contributed by atoms with Crippen LogP contribution < -0.4 is 11.2 Å². The SMILES string of the molecule is C=NNC(/C=C\C(N)=NCC1CCCN1CC)=NCCc1ccc(O)cc1. The van der Waals surface area contributed by atoms with Crippen LogP contribution >= 0.6 is 0 Å². The Bertz CT molecular complexity index is 680. The molecule has 2 rings (SSSR count). The summed E-state index contributed by atoms with van der Waals surface area (Å²) in [7, 11) is 0. The average Bonchev–Trinajstić information content (AvgIpc) is 3.13. The molecule has 146 valence electrons. The van der Waals surface area contributed by atoms with E-state index in [0.29, 0.717) is 24.3 Å². The number of benzene rings is 1. The van der Waals surface area contributed by atoms with Crippen LogP contribution in [0, 0.1) is 0 Å². The molecule has 7 nitrogen and oxygen atoms in total. The van der Waals surface area contributed by atoms with Crippen LogP contribution in [0.4, 0.5) is 0 Å². The van der Waals surface area contributed by atoms with Gasteiger partial charge in [-0.25, -0.2) is 0 Å². The molecular weight excluding hydrogens is 340 g/mol. The molecule has 7 heteroatoms. The van der Waals surface area contributed by atoms with Crippen molar-refractivity contribution in [2.45, 2.75) is 32.2 Å². The fourth-order valence-corrected chi connectivity index (χ4v) is 3.12. The first-order valence-electron chi connectivity index (χ1n) is 9.38. The molecule has 1 aromatic carbocycles. The minimum Gasteiger partial charge on any atom is -0.508 e. The number of phenolic OH excluding ortho intramolecular Hbond substituents is 1. The number of aromatic hydroxyl groups is 1. The quantitative estimate of drug-likeness (QED) is 0.351. The molecule has 0 aliphatic carbocycles. The van der Waals surface area contributed by atoms with Gasteiger partial charge in [-0.2, -0.15) is 5.10 Å². The van der Waals surface area contributed by atoms with Gasteiger partial charge in [0, 0.05) is 19.3 Å². The summed E-state index contributed by atoms with van der Waals surface area (Å²) >= 11 is 0. The number of nitrogens with zero attached hydrogens (tertiary/aromatic N) is 4. The van der Waals surface area contributed by atoms with Crippen LogP contribution in [0.1, 0.15) is 25.3 Å². The lowest BCUT2D eigenvalue weighted by Crippen LogP contribution is -2.32. The number of rotatable bonds is 9. The van der Waals surface area contributed by atoms with E-state index in [9.17, 15) is 5.11 Å². The maximum atomic E-state index is 9.31. The number of phenols is 1. The molecule has 27 heavy (non-hydrogen) atoms. The van der Waals surface area contributed by atoms with Crippen molar-refractivity contribution in [2.24, 2.45) is 20.8 Å². The Labute approximate surface area is 161 Å². The summed E-state index contributed by atoms with van der Waals surface area (Å²) in [6.45, 7) is 9.14. The van der Waals surface area contributed by atoms with Crippen LogP contribution in [-0.4, -0.2) is 60.6 Å². The Morgan fingerprint density at radius 2 is 2.11 bits per heavy atom. The smallest absolute Gasteiger partial charge is 0.141 e. The predicted molar refractivity (Wildman–Crippen MR) is 113 cm³/mol. The van der Waals surface area contributed by atoms with Crippen molar-refractivity contribution in [1.82, 2.24) is 10.3 Å². The predicted octanol–water partition coefficient (Wildman–Crippen LogP) is 1.94. The molecule has 0 saturated carbocycles. The first-order chi connectivity index (χ1) is 13.1. The van der Waals surface area contributed by atoms with Crippen molar-refractivity contribution in [1.29, 1.82) is 0 Å². The third kappa shape index (κ3) is 7.22. The van der Waals surface area contributed by atoms with Crippen LogP contribution in [-0.2, 0) is 6.42 Å². The highest BCUT2D eigenvalue weighted by atomic mass is 16.3. The Morgan fingerprint density at radius 3 is 2.81 bits per heavy atom. The molecule has 1 saturated heterocycles. The van der Waals surface area contributed by atoms with E-state index in [-0.39, 0.29) is 5.75 Å². The zero-order valence-electron chi connectivity index (χ0n) is 16.0. The highest BCUT2D eigenvalue weighted by Crippen LogP contribution is 2.16. The number of amidine groups is 2. The highest BCUT2D eigenvalue weighted by Gasteiger charge is 2.22. The number of hydrazone groups is 1. The van der Waals surface area contributed by atoms with Gasteiger partial charge in [-0.1, -0.05) is 19.1 Å². The number of likely N-dealkylation sites (tertiary alicyclic amines) is 1. The van der Waals surface area contributed by atoms with E-state index in [0.717, 1.165) is 31.6 Å². The normalized spacial score (nSPS) is 18.9. The number of hydrogen-bond acceptors (Lipinski definition) is 5. The number of hydrogen-bond donors (Lipinski definition) is 3. The molecule has 0 radical (unpaired) electrons. The third-order valence-corrected chi connectivity index (χ3v) is 4.61. The molecule has 1 unspecified atom stereocenters. The lowest BCUT2D eigenvalue weighted by Gasteiger charge is -2.20. The molecular formula is C20H30N6O. The van der Waals surface area contributed by atoms with Gasteiger partial charge in [-0.3, -0.25) is 20.3 Å². The number of likely N-dealkylation sites (N-methyl/N-ethyl adjacent to an activating group) is 1. The van der Waals surface area contributed by atoms with E-state index < -0.39 is 0 Å². The average molecular weight is 371 g/mol. The second-order valence-corrected chi connectivity index (χ2v) is 6.48. The maximum absolute atomic E-state index is 9.31. The summed E-state index contributed by atoms with van der Waals surface area (Å²) in [6.07, 6.45) is 6.67. The monoisotopic (exact) mass is 370 g/mol. The molecule has 1 atom stereocenters. The molecule has 1 heterocycles. The fourth-order valence-electron chi connectivity index (χ4n) is 3.12. The van der Waals surface area contributed by atoms with E-state index in [1.807, 2.05) is 12.1 Å². The van der Waals surface area contributed by atoms with Gasteiger partial charge in [0.2, 0.25) is 0 Å². The topological polar surface area (TPSA) is 98.6 Å². The van der Waals surface area contributed by atoms with E-state index in [1.54, 1.807) is 24.3 Å². The fraction of sp³-hybridized carbons (Fsp3) is 0.450. The Kier molecular flexibility index (Phi) is 8.51. The van der Waals surface area contributed by atoms with Crippen LogP contribution in [0.15, 0.2) is 51.5 Å². The Morgan fingerprint density at radius 1 is 1.33 bits per heavy atom. The molecule has 0 aromatic heterocycles.